The molecule has 0 aliphatic carbocycles. The van der Waals surface area contributed by atoms with Crippen LogP contribution in [0.5, 0.6) is 0 Å². The second-order valence-corrected chi connectivity index (χ2v) is 6.70. The number of non-ortho nitro benzene ring substituents is 1. The van der Waals surface area contributed by atoms with Gasteiger partial charge in [-0.3, -0.25) is 24.8 Å². The third-order valence-corrected chi connectivity index (χ3v) is 4.66. The van der Waals surface area contributed by atoms with Gasteiger partial charge in [0.1, 0.15) is 0 Å². The van der Waals surface area contributed by atoms with E-state index in [-0.39, 0.29) is 11.6 Å². The summed E-state index contributed by atoms with van der Waals surface area (Å²) in [5, 5.41) is 10.8. The number of aryl methyl sites for hydroxylation is 1. The molecule has 0 N–H and O–H groups in total. The summed E-state index contributed by atoms with van der Waals surface area (Å²) in [4.78, 5) is 29.4. The van der Waals surface area contributed by atoms with Gasteiger partial charge >= 0.3 is 0 Å². The monoisotopic (exact) mass is 383 g/mol. The third kappa shape index (κ3) is 3.68. The lowest BCUT2D eigenvalue weighted by molar-refractivity contribution is -0.384. The van der Waals surface area contributed by atoms with E-state index in [1.807, 2.05) is 43.3 Å². The zero-order valence-electron chi connectivity index (χ0n) is 15.6. The zero-order chi connectivity index (χ0) is 20.4. The number of aromatic nitrogens is 1. The molecule has 3 aromatic rings. The number of rotatable bonds is 4. The Morgan fingerprint density at radius 2 is 1.76 bits per heavy atom. The molecule has 0 saturated heterocycles. The lowest BCUT2D eigenvalue weighted by Gasteiger charge is -2.20. The van der Waals surface area contributed by atoms with E-state index >= 15 is 0 Å². The van der Waals surface area contributed by atoms with E-state index in [1.54, 1.807) is 41.6 Å². The molecular weight excluding hydrogens is 366 g/mol. The second kappa shape index (κ2) is 7.52. The second-order valence-electron chi connectivity index (χ2n) is 6.70. The van der Waals surface area contributed by atoms with Crippen LogP contribution in [0.15, 0.2) is 84.7 Å². The Morgan fingerprint density at radius 1 is 1.03 bits per heavy atom. The molecule has 2 heterocycles. The highest BCUT2D eigenvalue weighted by molar-refractivity contribution is 6.23. The number of hydrogen-bond donors (Lipinski definition) is 0. The van der Waals surface area contributed by atoms with Crippen molar-refractivity contribution in [2.75, 3.05) is 4.90 Å². The van der Waals surface area contributed by atoms with Crippen molar-refractivity contribution in [1.82, 2.24) is 4.98 Å². The maximum absolute atomic E-state index is 13.2. The van der Waals surface area contributed by atoms with Gasteiger partial charge in [0.25, 0.3) is 11.6 Å². The Morgan fingerprint density at radius 3 is 2.38 bits per heavy atom. The number of benzene rings is 2. The molecule has 1 amide bonds. The van der Waals surface area contributed by atoms with Gasteiger partial charge in [-0.15, -0.1) is 0 Å². The Bertz CT molecular complexity index is 1130. The maximum Gasteiger partial charge on any atom is 0.269 e. The van der Waals surface area contributed by atoms with Crippen molar-refractivity contribution >= 4 is 29.1 Å². The van der Waals surface area contributed by atoms with Crippen LogP contribution < -0.4 is 4.90 Å². The number of anilines is 1. The summed E-state index contributed by atoms with van der Waals surface area (Å²) in [5.74, 6) is -0.174. The summed E-state index contributed by atoms with van der Waals surface area (Å²) in [5.41, 5.74) is 4.71. The molecule has 1 aliphatic rings. The van der Waals surface area contributed by atoms with E-state index in [1.165, 1.54) is 12.1 Å². The van der Waals surface area contributed by atoms with Crippen LogP contribution in [0.2, 0.25) is 0 Å². The van der Waals surface area contributed by atoms with E-state index in [2.05, 4.69) is 4.98 Å². The molecule has 0 spiro atoms. The maximum atomic E-state index is 13.2. The van der Waals surface area contributed by atoms with Crippen LogP contribution in [0.4, 0.5) is 11.4 Å². The molecule has 0 radical (unpaired) electrons. The van der Waals surface area contributed by atoms with Crippen LogP contribution in [0.1, 0.15) is 16.7 Å². The normalized spacial score (nSPS) is 14.9. The molecule has 142 valence electrons. The van der Waals surface area contributed by atoms with Crippen molar-refractivity contribution in [2.45, 2.75) is 6.92 Å². The molecule has 0 atom stereocenters. The van der Waals surface area contributed by atoms with Crippen molar-refractivity contribution < 1.29 is 9.72 Å². The Labute approximate surface area is 167 Å². The molecule has 6 heteroatoms. The van der Waals surface area contributed by atoms with Crippen LogP contribution in [-0.2, 0) is 4.79 Å². The van der Waals surface area contributed by atoms with Crippen LogP contribution in [0.25, 0.3) is 11.8 Å². The first-order valence-corrected chi connectivity index (χ1v) is 9.02. The van der Waals surface area contributed by atoms with Crippen LogP contribution in [0.3, 0.4) is 0 Å². The molecule has 1 aromatic heterocycles. The minimum Gasteiger partial charge on any atom is -0.275 e. The van der Waals surface area contributed by atoms with Gasteiger partial charge in [-0.2, -0.15) is 0 Å². The van der Waals surface area contributed by atoms with Crippen molar-refractivity contribution in [3.8, 4) is 0 Å². The van der Waals surface area contributed by atoms with Crippen molar-refractivity contribution in [3.63, 3.8) is 0 Å². The molecular formula is C23H17N3O3. The Kier molecular flexibility index (Phi) is 4.75. The summed E-state index contributed by atoms with van der Waals surface area (Å²) >= 11 is 0. The van der Waals surface area contributed by atoms with Gasteiger partial charge in [0.2, 0.25) is 0 Å². The van der Waals surface area contributed by atoms with Crippen LogP contribution in [0, 0.1) is 17.0 Å². The number of pyridine rings is 1. The van der Waals surface area contributed by atoms with Gasteiger partial charge in [-0.05, 0) is 54.5 Å². The molecule has 6 nitrogen and oxygen atoms in total. The molecule has 1 aliphatic heterocycles. The predicted molar refractivity (Wildman–Crippen MR) is 112 cm³/mol. The fourth-order valence-corrected chi connectivity index (χ4v) is 3.17. The molecule has 0 bridgehead atoms. The van der Waals surface area contributed by atoms with Gasteiger partial charge in [0, 0.05) is 23.9 Å². The van der Waals surface area contributed by atoms with Crippen molar-refractivity contribution in [2.24, 2.45) is 0 Å². The molecule has 4 rings (SSSR count). The molecule has 29 heavy (non-hydrogen) atoms. The van der Waals surface area contributed by atoms with Gasteiger partial charge in [0.15, 0.2) is 0 Å². The van der Waals surface area contributed by atoms with Gasteiger partial charge in [-0.1, -0.05) is 29.8 Å². The number of nitrogens with zero attached hydrogens (tertiary/aromatic N) is 3. The number of amides is 1. The van der Waals surface area contributed by atoms with E-state index < -0.39 is 4.92 Å². The topological polar surface area (TPSA) is 76.3 Å². The SMILES string of the molecule is Cc1ccc(C2=C/C(=C\c3ccc([N+](=O)[O-])cc3)C(=O)N2c2cccnc2)cc1. The zero-order valence-corrected chi connectivity index (χ0v) is 15.6. The standard InChI is InChI=1S/C23H17N3O3/c1-16-4-8-18(9-5-16)22-14-19(13-17-6-10-20(11-7-17)26(28)29)23(27)25(22)21-3-2-12-24-15-21/h2-15H,1H3/b19-13+. The first-order chi connectivity index (χ1) is 14.0. The average molecular weight is 383 g/mol. The predicted octanol–water partition coefficient (Wildman–Crippen LogP) is 4.77. The molecule has 0 unspecified atom stereocenters. The van der Waals surface area contributed by atoms with Gasteiger partial charge in [-0.25, -0.2) is 0 Å². The lowest BCUT2D eigenvalue weighted by atomic mass is 10.1. The summed E-state index contributed by atoms with van der Waals surface area (Å²) in [6, 6.07) is 17.7. The van der Waals surface area contributed by atoms with Crippen LogP contribution >= 0.6 is 0 Å². The smallest absolute Gasteiger partial charge is 0.269 e. The summed E-state index contributed by atoms with van der Waals surface area (Å²) < 4.78 is 0. The largest absolute Gasteiger partial charge is 0.275 e. The first-order valence-electron chi connectivity index (χ1n) is 9.02. The third-order valence-electron chi connectivity index (χ3n) is 4.66. The first kappa shape index (κ1) is 18.3. The van der Waals surface area contributed by atoms with E-state index in [4.69, 9.17) is 0 Å². The van der Waals surface area contributed by atoms with Gasteiger partial charge in [0.05, 0.1) is 22.5 Å². The highest BCUT2D eigenvalue weighted by atomic mass is 16.6. The Balaban J connectivity index is 1.77. The summed E-state index contributed by atoms with van der Waals surface area (Å²) in [7, 11) is 0. The Hall–Kier alpha value is -4.06. The average Bonchev–Trinajstić information content (AvgIpc) is 3.05. The number of nitro benzene ring substituents is 1. The number of carbonyl (C=O) groups excluding carboxylic acids is 1. The molecule has 0 fully saturated rings. The molecule has 0 saturated carbocycles. The number of hydrogen-bond acceptors (Lipinski definition) is 4. The number of carbonyl (C=O) groups is 1. The van der Waals surface area contributed by atoms with E-state index in [0.29, 0.717) is 16.8 Å². The van der Waals surface area contributed by atoms with Gasteiger partial charge < -0.3 is 0 Å². The molecule has 2 aromatic carbocycles. The van der Waals surface area contributed by atoms with Crippen LogP contribution in [-0.4, -0.2) is 15.8 Å². The highest BCUT2D eigenvalue weighted by Crippen LogP contribution is 2.35. The summed E-state index contributed by atoms with van der Waals surface area (Å²) in [6.07, 6.45) is 6.87. The minimum absolute atomic E-state index is 0.0118. The summed E-state index contributed by atoms with van der Waals surface area (Å²) in [6.45, 7) is 2.01. The van der Waals surface area contributed by atoms with Crippen molar-refractivity contribution in [3.05, 3.63) is 112 Å². The minimum atomic E-state index is -0.447. The fraction of sp³-hybridized carbons (Fsp3) is 0.0435. The van der Waals surface area contributed by atoms with Crippen molar-refractivity contribution in [1.29, 1.82) is 0 Å². The number of nitro groups is 1. The van der Waals surface area contributed by atoms with E-state index in [9.17, 15) is 14.9 Å². The lowest BCUT2D eigenvalue weighted by Crippen LogP contribution is -2.25. The van der Waals surface area contributed by atoms with E-state index in [0.717, 1.165) is 16.8 Å². The highest BCUT2D eigenvalue weighted by Gasteiger charge is 2.30. The fourth-order valence-electron chi connectivity index (χ4n) is 3.17. The quantitative estimate of drug-likeness (QED) is 0.369.